The molecule has 0 saturated carbocycles. The van der Waals surface area contributed by atoms with Crippen LogP contribution >= 0.6 is 0 Å². The van der Waals surface area contributed by atoms with Gasteiger partial charge in [-0.1, -0.05) is 26.8 Å². The van der Waals surface area contributed by atoms with E-state index in [9.17, 15) is 9.59 Å². The molecule has 1 N–H and O–H groups in total. The fraction of sp³-hybridized carbons (Fsp3) is 0.529. The normalized spacial score (nSPS) is 11.0. The number of benzene rings is 1. The molecule has 122 valence electrons. The summed E-state index contributed by atoms with van der Waals surface area (Å²) in [6.45, 7) is 5.59. The van der Waals surface area contributed by atoms with E-state index in [1.54, 1.807) is 14.2 Å². The third-order valence-corrected chi connectivity index (χ3v) is 3.37. The number of aryl methyl sites for hydroxylation is 1. The SMILES string of the molecule is COc1ccc(CCC(=O)NCC(=O)C(C)(C)C)cc1OC. The van der Waals surface area contributed by atoms with Gasteiger partial charge in [-0.15, -0.1) is 0 Å². The lowest BCUT2D eigenvalue weighted by atomic mass is 9.91. The zero-order valence-electron chi connectivity index (χ0n) is 14.0. The summed E-state index contributed by atoms with van der Waals surface area (Å²) in [5, 5.41) is 2.67. The highest BCUT2D eigenvalue weighted by Gasteiger charge is 2.21. The first-order valence-electron chi connectivity index (χ1n) is 7.29. The Morgan fingerprint density at radius 1 is 1.09 bits per heavy atom. The van der Waals surface area contributed by atoms with E-state index >= 15 is 0 Å². The molecule has 22 heavy (non-hydrogen) atoms. The average Bonchev–Trinajstić information content (AvgIpc) is 2.49. The highest BCUT2D eigenvalue weighted by atomic mass is 16.5. The van der Waals surface area contributed by atoms with Gasteiger partial charge in [-0.05, 0) is 24.1 Å². The van der Waals surface area contributed by atoms with Crippen molar-refractivity contribution in [1.82, 2.24) is 5.32 Å². The predicted octanol–water partition coefficient (Wildman–Crippen LogP) is 2.37. The van der Waals surface area contributed by atoms with Crippen LogP contribution in [0.15, 0.2) is 18.2 Å². The Kier molecular flexibility index (Phi) is 6.40. The van der Waals surface area contributed by atoms with Gasteiger partial charge in [0.25, 0.3) is 0 Å². The zero-order chi connectivity index (χ0) is 16.8. The molecule has 1 aromatic carbocycles. The summed E-state index contributed by atoms with van der Waals surface area (Å²) in [6, 6.07) is 5.57. The molecule has 0 heterocycles. The van der Waals surface area contributed by atoms with Gasteiger partial charge in [0.05, 0.1) is 20.8 Å². The van der Waals surface area contributed by atoms with Crippen molar-refractivity contribution in [3.8, 4) is 11.5 Å². The van der Waals surface area contributed by atoms with Crippen LogP contribution in [0.4, 0.5) is 0 Å². The smallest absolute Gasteiger partial charge is 0.220 e. The summed E-state index contributed by atoms with van der Waals surface area (Å²) in [5.74, 6) is 1.19. The maximum atomic E-state index is 11.8. The predicted molar refractivity (Wildman–Crippen MR) is 85.3 cm³/mol. The average molecular weight is 307 g/mol. The molecule has 0 radical (unpaired) electrons. The zero-order valence-corrected chi connectivity index (χ0v) is 14.0. The van der Waals surface area contributed by atoms with Crippen LogP contribution in [-0.2, 0) is 16.0 Å². The Labute approximate surface area is 132 Å². The van der Waals surface area contributed by atoms with Gasteiger partial charge in [0.2, 0.25) is 5.91 Å². The fourth-order valence-corrected chi connectivity index (χ4v) is 1.83. The number of rotatable bonds is 7. The molecule has 0 spiro atoms. The van der Waals surface area contributed by atoms with Gasteiger partial charge >= 0.3 is 0 Å². The van der Waals surface area contributed by atoms with Crippen molar-refractivity contribution in [3.05, 3.63) is 23.8 Å². The Morgan fingerprint density at radius 2 is 1.73 bits per heavy atom. The van der Waals surface area contributed by atoms with E-state index in [-0.39, 0.29) is 18.2 Å². The standard InChI is InChI=1S/C17H25NO4/c1-17(2,3)15(19)11-18-16(20)9-7-12-6-8-13(21-4)14(10-12)22-5/h6,8,10H,7,9,11H2,1-5H3,(H,18,20). The second-order valence-electron chi connectivity index (χ2n) is 6.14. The van der Waals surface area contributed by atoms with Gasteiger partial charge in [0.15, 0.2) is 17.3 Å². The largest absolute Gasteiger partial charge is 0.493 e. The number of hydrogen-bond donors (Lipinski definition) is 1. The van der Waals surface area contributed by atoms with E-state index in [1.165, 1.54) is 0 Å². The Hall–Kier alpha value is -2.04. The monoisotopic (exact) mass is 307 g/mol. The molecule has 0 aliphatic heterocycles. The first-order valence-corrected chi connectivity index (χ1v) is 7.29. The molecule has 1 amide bonds. The van der Waals surface area contributed by atoms with Crippen LogP contribution in [-0.4, -0.2) is 32.5 Å². The lowest BCUT2D eigenvalue weighted by molar-refractivity contribution is -0.129. The number of nitrogens with one attached hydrogen (secondary N) is 1. The number of methoxy groups -OCH3 is 2. The lowest BCUT2D eigenvalue weighted by Crippen LogP contribution is -2.35. The maximum absolute atomic E-state index is 11.8. The molecule has 1 aromatic rings. The number of hydrogen-bond acceptors (Lipinski definition) is 4. The Bertz CT molecular complexity index is 532. The van der Waals surface area contributed by atoms with Crippen molar-refractivity contribution >= 4 is 11.7 Å². The Morgan fingerprint density at radius 3 is 2.27 bits per heavy atom. The summed E-state index contributed by atoms with van der Waals surface area (Å²) in [7, 11) is 3.16. The number of carbonyl (C=O) groups is 2. The van der Waals surface area contributed by atoms with E-state index < -0.39 is 5.41 Å². The molecule has 0 saturated heterocycles. The molecule has 0 aliphatic carbocycles. The van der Waals surface area contributed by atoms with Crippen molar-refractivity contribution in [1.29, 1.82) is 0 Å². The van der Waals surface area contributed by atoms with Crippen molar-refractivity contribution in [2.75, 3.05) is 20.8 Å². The minimum Gasteiger partial charge on any atom is -0.493 e. The minimum absolute atomic E-state index is 0.0203. The first kappa shape index (κ1) is 18.0. The van der Waals surface area contributed by atoms with E-state index in [2.05, 4.69) is 5.32 Å². The highest BCUT2D eigenvalue weighted by Crippen LogP contribution is 2.27. The second kappa shape index (κ2) is 7.82. The molecule has 0 bridgehead atoms. The van der Waals surface area contributed by atoms with Gasteiger partial charge in [-0.3, -0.25) is 9.59 Å². The molecule has 0 fully saturated rings. The molecule has 1 rings (SSSR count). The Balaban J connectivity index is 2.49. The van der Waals surface area contributed by atoms with Crippen LogP contribution in [0.25, 0.3) is 0 Å². The first-order chi connectivity index (χ1) is 10.3. The lowest BCUT2D eigenvalue weighted by Gasteiger charge is -2.16. The fourth-order valence-electron chi connectivity index (χ4n) is 1.83. The van der Waals surface area contributed by atoms with Crippen LogP contribution < -0.4 is 14.8 Å². The van der Waals surface area contributed by atoms with Crippen LogP contribution in [0.1, 0.15) is 32.8 Å². The van der Waals surface area contributed by atoms with Crippen LogP contribution in [0, 0.1) is 5.41 Å². The van der Waals surface area contributed by atoms with Crippen molar-refractivity contribution in [2.45, 2.75) is 33.6 Å². The summed E-state index contributed by atoms with van der Waals surface area (Å²) >= 11 is 0. The van der Waals surface area contributed by atoms with Crippen molar-refractivity contribution in [2.24, 2.45) is 5.41 Å². The summed E-state index contributed by atoms with van der Waals surface area (Å²) in [5.41, 5.74) is 0.548. The van der Waals surface area contributed by atoms with Crippen molar-refractivity contribution in [3.63, 3.8) is 0 Å². The van der Waals surface area contributed by atoms with E-state index in [0.717, 1.165) is 5.56 Å². The molecule has 5 heteroatoms. The molecule has 0 unspecified atom stereocenters. The van der Waals surface area contributed by atoms with Gasteiger partial charge in [0.1, 0.15) is 0 Å². The summed E-state index contributed by atoms with van der Waals surface area (Å²) in [4.78, 5) is 23.6. The van der Waals surface area contributed by atoms with Crippen LogP contribution in [0.3, 0.4) is 0 Å². The number of carbonyl (C=O) groups excluding carboxylic acids is 2. The van der Waals surface area contributed by atoms with Gasteiger partial charge < -0.3 is 14.8 Å². The summed E-state index contributed by atoms with van der Waals surface area (Å²) < 4.78 is 10.4. The van der Waals surface area contributed by atoms with Crippen molar-refractivity contribution < 1.29 is 19.1 Å². The molecule has 0 atom stereocenters. The quantitative estimate of drug-likeness (QED) is 0.840. The van der Waals surface area contributed by atoms with Crippen LogP contribution in [0.2, 0.25) is 0 Å². The van der Waals surface area contributed by atoms with Gasteiger partial charge in [-0.2, -0.15) is 0 Å². The number of Topliss-reactive ketones (excluding diaryl/α,β-unsaturated/α-hetero) is 1. The highest BCUT2D eigenvalue weighted by molar-refractivity contribution is 5.89. The van der Waals surface area contributed by atoms with E-state index in [4.69, 9.17) is 9.47 Å². The second-order valence-corrected chi connectivity index (χ2v) is 6.14. The topological polar surface area (TPSA) is 64.6 Å². The molecule has 0 aromatic heterocycles. The number of ketones is 1. The molecular weight excluding hydrogens is 282 g/mol. The minimum atomic E-state index is -0.434. The molecular formula is C17H25NO4. The molecule has 0 aliphatic rings. The summed E-state index contributed by atoms with van der Waals surface area (Å²) in [6.07, 6.45) is 0.906. The van der Waals surface area contributed by atoms with E-state index in [1.807, 2.05) is 39.0 Å². The maximum Gasteiger partial charge on any atom is 0.220 e. The van der Waals surface area contributed by atoms with Crippen LogP contribution in [0.5, 0.6) is 11.5 Å². The molecule has 5 nitrogen and oxygen atoms in total. The van der Waals surface area contributed by atoms with Gasteiger partial charge in [-0.25, -0.2) is 0 Å². The third kappa shape index (κ3) is 5.39. The number of ether oxygens (including phenoxy) is 2. The van der Waals surface area contributed by atoms with E-state index in [0.29, 0.717) is 24.3 Å². The third-order valence-electron chi connectivity index (χ3n) is 3.37. The van der Waals surface area contributed by atoms with Gasteiger partial charge in [0, 0.05) is 11.8 Å². The number of amides is 1.